The lowest BCUT2D eigenvalue weighted by atomic mass is 10.1. The van der Waals surface area contributed by atoms with Crippen LogP contribution in [0.4, 0.5) is 0 Å². The molecule has 170 valence electrons. The number of aryl methyl sites for hydroxylation is 1. The summed E-state index contributed by atoms with van der Waals surface area (Å²) in [5.74, 6) is 0.902. The predicted molar refractivity (Wildman–Crippen MR) is 135 cm³/mol. The van der Waals surface area contributed by atoms with Gasteiger partial charge in [0.05, 0.1) is 0 Å². The highest BCUT2D eigenvalue weighted by Crippen LogP contribution is 2.15. The van der Waals surface area contributed by atoms with Crippen LogP contribution in [0.2, 0.25) is 0 Å². The third kappa shape index (κ3) is 12.4. The highest BCUT2D eigenvalue weighted by atomic mass is 16.5. The fourth-order valence-electron chi connectivity index (χ4n) is 3.83. The zero-order valence-electron chi connectivity index (χ0n) is 20.0. The number of hydrogen-bond donors (Lipinski definition) is 0. The van der Waals surface area contributed by atoms with Crippen LogP contribution in [0.25, 0.3) is 0 Å². The minimum atomic E-state index is 0.605. The molecule has 0 amide bonds. The molecule has 0 fully saturated rings. The number of nitrogens with zero attached hydrogens (tertiary/aromatic N) is 1. The Morgan fingerprint density at radius 2 is 1.35 bits per heavy atom. The lowest BCUT2D eigenvalue weighted by molar-refractivity contribution is 0.306. The van der Waals surface area contributed by atoms with Crippen molar-refractivity contribution in [1.29, 1.82) is 0 Å². The molecule has 0 atom stereocenters. The molecule has 2 heteroatoms. The van der Waals surface area contributed by atoms with E-state index in [1.165, 1.54) is 88.2 Å². The molecule has 0 radical (unpaired) electrons. The number of aliphatic imine (C=N–C) groups is 1. The van der Waals surface area contributed by atoms with Crippen molar-refractivity contribution in [3.63, 3.8) is 0 Å². The molecule has 2 aromatic carbocycles. The van der Waals surface area contributed by atoms with Crippen LogP contribution >= 0.6 is 0 Å². The minimum absolute atomic E-state index is 0.605. The van der Waals surface area contributed by atoms with Gasteiger partial charge in [0.15, 0.2) is 0 Å². The topological polar surface area (TPSA) is 21.6 Å². The van der Waals surface area contributed by atoms with E-state index in [1.807, 2.05) is 18.3 Å². The average Bonchev–Trinajstić information content (AvgIpc) is 2.79. The van der Waals surface area contributed by atoms with E-state index >= 15 is 0 Å². The second-order valence-corrected chi connectivity index (χ2v) is 8.77. The second-order valence-electron chi connectivity index (χ2n) is 8.77. The summed E-state index contributed by atoms with van der Waals surface area (Å²) in [6.07, 6.45) is 18.6. The summed E-state index contributed by atoms with van der Waals surface area (Å²) in [7, 11) is 0. The number of ether oxygens (including phenoxy) is 1. The largest absolute Gasteiger partial charge is 0.489 e. The first kappa shape index (κ1) is 25.2. The Balaban J connectivity index is 1.47. The Hall–Kier alpha value is -2.09. The highest BCUT2D eigenvalue weighted by molar-refractivity contribution is 5.79. The number of hydrogen-bond acceptors (Lipinski definition) is 2. The van der Waals surface area contributed by atoms with E-state index < -0.39 is 0 Å². The molecule has 0 aliphatic rings. The first-order valence-electron chi connectivity index (χ1n) is 12.6. The SMILES string of the molecule is CCCCCCCCCCCCCCN=Cc1ccc(OCc2cccc(C)c2)cc1. The maximum absolute atomic E-state index is 5.88. The van der Waals surface area contributed by atoms with Crippen molar-refractivity contribution in [2.24, 2.45) is 4.99 Å². The van der Waals surface area contributed by atoms with Gasteiger partial charge in [0.2, 0.25) is 0 Å². The molecule has 2 rings (SSSR count). The van der Waals surface area contributed by atoms with Gasteiger partial charge in [-0.25, -0.2) is 0 Å². The lowest BCUT2D eigenvalue weighted by Crippen LogP contribution is -1.95. The number of rotatable bonds is 17. The van der Waals surface area contributed by atoms with Crippen molar-refractivity contribution < 1.29 is 4.74 Å². The van der Waals surface area contributed by atoms with Crippen molar-refractivity contribution in [1.82, 2.24) is 0 Å². The van der Waals surface area contributed by atoms with Gasteiger partial charge in [-0.2, -0.15) is 0 Å². The Morgan fingerprint density at radius 1 is 0.742 bits per heavy atom. The molecule has 0 unspecified atom stereocenters. The first-order chi connectivity index (χ1) is 15.3. The molecule has 2 aromatic rings. The van der Waals surface area contributed by atoms with Crippen LogP contribution in [0.15, 0.2) is 53.5 Å². The van der Waals surface area contributed by atoms with Gasteiger partial charge >= 0.3 is 0 Å². The molecular formula is C29H43NO. The molecule has 0 saturated heterocycles. The van der Waals surface area contributed by atoms with E-state index in [2.05, 4.69) is 55.2 Å². The molecule has 0 spiro atoms. The molecule has 0 heterocycles. The fourth-order valence-corrected chi connectivity index (χ4v) is 3.83. The third-order valence-electron chi connectivity index (χ3n) is 5.75. The van der Waals surface area contributed by atoms with Gasteiger partial charge in [0.25, 0.3) is 0 Å². The Labute approximate surface area is 191 Å². The van der Waals surface area contributed by atoms with E-state index in [-0.39, 0.29) is 0 Å². The van der Waals surface area contributed by atoms with Gasteiger partial charge in [-0.1, -0.05) is 107 Å². The Morgan fingerprint density at radius 3 is 1.97 bits per heavy atom. The average molecular weight is 422 g/mol. The summed E-state index contributed by atoms with van der Waals surface area (Å²) >= 11 is 0. The fraction of sp³-hybridized carbons (Fsp3) is 0.552. The monoisotopic (exact) mass is 421 g/mol. The standard InChI is InChI=1S/C29H43NO/c1-3-4-5-6-7-8-9-10-11-12-13-14-22-30-24-27-18-20-29(21-19-27)31-25-28-17-15-16-26(2)23-28/h15-21,23-24H,3-14,22,25H2,1-2H3. The van der Waals surface area contributed by atoms with Crippen LogP contribution in [-0.2, 0) is 6.61 Å². The van der Waals surface area contributed by atoms with E-state index in [0.29, 0.717) is 6.61 Å². The van der Waals surface area contributed by atoms with Crippen molar-refractivity contribution in [3.05, 3.63) is 65.2 Å². The molecule has 0 saturated carbocycles. The van der Waals surface area contributed by atoms with Gasteiger partial charge in [-0.05, 0) is 48.7 Å². The summed E-state index contributed by atoms with van der Waals surface area (Å²) in [4.78, 5) is 4.59. The van der Waals surface area contributed by atoms with Crippen LogP contribution in [-0.4, -0.2) is 12.8 Å². The first-order valence-corrected chi connectivity index (χ1v) is 12.6. The molecular weight excluding hydrogens is 378 g/mol. The van der Waals surface area contributed by atoms with Crippen LogP contribution in [0.5, 0.6) is 5.75 Å². The van der Waals surface area contributed by atoms with E-state index in [4.69, 9.17) is 4.74 Å². The molecule has 0 aliphatic heterocycles. The smallest absolute Gasteiger partial charge is 0.119 e. The van der Waals surface area contributed by atoms with Crippen LogP contribution in [0, 0.1) is 6.92 Å². The van der Waals surface area contributed by atoms with Crippen molar-refractivity contribution in [3.8, 4) is 5.75 Å². The third-order valence-corrected chi connectivity index (χ3v) is 5.75. The molecule has 2 nitrogen and oxygen atoms in total. The summed E-state index contributed by atoms with van der Waals surface area (Å²) in [6, 6.07) is 16.7. The zero-order chi connectivity index (χ0) is 22.0. The zero-order valence-corrected chi connectivity index (χ0v) is 20.0. The maximum atomic E-state index is 5.88. The minimum Gasteiger partial charge on any atom is -0.489 e. The van der Waals surface area contributed by atoms with Crippen molar-refractivity contribution >= 4 is 6.21 Å². The summed E-state index contributed by atoms with van der Waals surface area (Å²) < 4.78 is 5.88. The molecule has 0 bridgehead atoms. The molecule has 0 N–H and O–H groups in total. The van der Waals surface area contributed by atoms with Crippen molar-refractivity contribution in [2.45, 2.75) is 97.5 Å². The van der Waals surface area contributed by atoms with Crippen LogP contribution in [0.1, 0.15) is 101 Å². The molecule has 0 aromatic heterocycles. The quantitative estimate of drug-likeness (QED) is 0.185. The number of unbranched alkanes of at least 4 members (excludes halogenated alkanes) is 11. The molecule has 0 aliphatic carbocycles. The van der Waals surface area contributed by atoms with Crippen LogP contribution < -0.4 is 4.74 Å². The second kappa shape index (κ2) is 16.6. The van der Waals surface area contributed by atoms with Crippen LogP contribution in [0.3, 0.4) is 0 Å². The highest BCUT2D eigenvalue weighted by Gasteiger charge is 1.97. The normalized spacial score (nSPS) is 11.3. The Kier molecular flexibility index (Phi) is 13.5. The summed E-state index contributed by atoms with van der Waals surface area (Å²) in [5.41, 5.74) is 3.61. The van der Waals surface area contributed by atoms with E-state index in [0.717, 1.165) is 17.9 Å². The van der Waals surface area contributed by atoms with E-state index in [9.17, 15) is 0 Å². The molecule has 31 heavy (non-hydrogen) atoms. The van der Waals surface area contributed by atoms with E-state index in [1.54, 1.807) is 0 Å². The van der Waals surface area contributed by atoms with Gasteiger partial charge in [-0.3, -0.25) is 4.99 Å². The lowest BCUT2D eigenvalue weighted by Gasteiger charge is -2.07. The summed E-state index contributed by atoms with van der Waals surface area (Å²) in [6.45, 7) is 5.93. The Bertz CT molecular complexity index is 720. The number of benzene rings is 2. The maximum Gasteiger partial charge on any atom is 0.119 e. The van der Waals surface area contributed by atoms with Crippen molar-refractivity contribution in [2.75, 3.05) is 6.54 Å². The van der Waals surface area contributed by atoms with Gasteiger partial charge in [-0.15, -0.1) is 0 Å². The van der Waals surface area contributed by atoms with Gasteiger partial charge in [0.1, 0.15) is 12.4 Å². The van der Waals surface area contributed by atoms with Gasteiger partial charge in [0, 0.05) is 12.8 Å². The predicted octanol–water partition coefficient (Wildman–Crippen LogP) is 8.69. The van der Waals surface area contributed by atoms with Gasteiger partial charge < -0.3 is 4.74 Å². The summed E-state index contributed by atoms with van der Waals surface area (Å²) in [5, 5.41) is 0.